The molecule has 5 N–H and O–H groups in total. The van der Waals surface area contributed by atoms with Gasteiger partial charge in [0.2, 0.25) is 6.41 Å². The highest BCUT2D eigenvalue weighted by Crippen LogP contribution is 2.53. The number of esters is 5. The third-order valence-electron chi connectivity index (χ3n) is 10.6. The number of carbonyl (C=O) groups is 7. The Morgan fingerprint density at radius 3 is 2.11 bits per heavy atom. The van der Waals surface area contributed by atoms with Crippen LogP contribution in [0.5, 0.6) is 34.5 Å². The zero-order valence-corrected chi connectivity index (χ0v) is 38.7. The molecule has 20 heteroatoms. The number of unbranched alkanes of at least 4 members (excludes halogenated alkanes) is 2. The van der Waals surface area contributed by atoms with Gasteiger partial charge in [-0.05, 0) is 64.7 Å². The molecule has 2 aliphatic heterocycles. The van der Waals surface area contributed by atoms with E-state index in [2.05, 4.69) is 10.6 Å². The number of phenolic OH excluding ortho intramolecular Hbond substituents is 3. The zero-order valence-electron chi connectivity index (χ0n) is 37.2. The van der Waals surface area contributed by atoms with Crippen LogP contribution in [0.1, 0.15) is 114 Å². The molecule has 2 heterocycles. The number of amides is 2. The highest BCUT2D eigenvalue weighted by molar-refractivity contribution is 6.39. The number of benzene rings is 3. The van der Waals surface area contributed by atoms with Gasteiger partial charge in [0.15, 0.2) is 40.9 Å². The van der Waals surface area contributed by atoms with E-state index in [0.29, 0.717) is 19.3 Å². The molecule has 3 aromatic carbocycles. The van der Waals surface area contributed by atoms with Crippen LogP contribution in [0.15, 0.2) is 18.2 Å². The third kappa shape index (κ3) is 11.3. The van der Waals surface area contributed by atoms with Crippen molar-refractivity contribution in [3.05, 3.63) is 61.6 Å². The predicted octanol–water partition coefficient (Wildman–Crippen LogP) is 7.53. The van der Waals surface area contributed by atoms with Gasteiger partial charge < -0.3 is 54.4 Å². The molecule has 1 fully saturated rings. The van der Waals surface area contributed by atoms with E-state index in [1.54, 1.807) is 0 Å². The summed E-state index contributed by atoms with van der Waals surface area (Å²) in [5.41, 5.74) is 0.0492. The summed E-state index contributed by atoms with van der Waals surface area (Å²) in [7, 11) is 1.17. The molecule has 1 saturated heterocycles. The second-order valence-electron chi connectivity index (χ2n) is 15.8. The van der Waals surface area contributed by atoms with E-state index in [0.717, 1.165) is 12.8 Å². The van der Waals surface area contributed by atoms with Crippen LogP contribution in [-0.4, -0.2) is 88.9 Å². The number of nitrogens with one attached hydrogen (secondary N) is 2. The third-order valence-corrected chi connectivity index (χ3v) is 11.4. The first-order chi connectivity index (χ1) is 30.6. The molecular weight excluding hydrogens is 895 g/mol. The average Bonchev–Trinajstić information content (AvgIpc) is 3.39. The van der Waals surface area contributed by atoms with Gasteiger partial charge in [-0.3, -0.25) is 19.2 Å². The van der Waals surface area contributed by atoms with Gasteiger partial charge in [0.25, 0.3) is 5.91 Å². The summed E-state index contributed by atoms with van der Waals surface area (Å²) >= 11 is 12.2. The van der Waals surface area contributed by atoms with Crippen molar-refractivity contribution in [3.63, 3.8) is 0 Å². The van der Waals surface area contributed by atoms with Crippen LogP contribution in [0.4, 0.5) is 5.69 Å². The van der Waals surface area contributed by atoms with Crippen molar-refractivity contribution in [3.8, 4) is 34.5 Å². The maximum atomic E-state index is 13.3. The summed E-state index contributed by atoms with van der Waals surface area (Å²) in [4.78, 5) is 87.5. The second-order valence-corrected chi connectivity index (χ2v) is 16.5. The Balaban J connectivity index is 0.000000300. The van der Waals surface area contributed by atoms with Gasteiger partial charge in [0.1, 0.15) is 34.1 Å². The van der Waals surface area contributed by atoms with E-state index in [1.165, 1.54) is 59.9 Å². The Labute approximate surface area is 384 Å². The first kappa shape index (κ1) is 51.4. The second kappa shape index (κ2) is 22.1. The standard InChI is InChI=1S/C27H38N2O9.C18H14Cl2O7/c1-6-7-8-10-19-24(38-21(31)13-15(2)3)17(5)37-27(35)22(16(4)36-26(19)34)29-25(33)18-11-9-12-20(23(18)32)28-14-30;1-5-9-16(11(20)13(22)10(5)19)26-14-6(2)8(17(23)25-4)12(21)7(3)15(14)27-18(9)24/h9,11-12,14-17,19,22,24,32H,6-8,10,13H2,1-5H3,(H,28,30)(H,29,33);21-22H,1-4H3. The zero-order chi connectivity index (χ0) is 48.6. The van der Waals surface area contributed by atoms with Gasteiger partial charge in [-0.15, -0.1) is 0 Å². The first-order valence-corrected chi connectivity index (χ1v) is 21.3. The number of ether oxygens (including phenoxy) is 6. The lowest BCUT2D eigenvalue weighted by Crippen LogP contribution is -2.50. The number of aromatic hydroxyl groups is 3. The van der Waals surface area contributed by atoms with E-state index < -0.39 is 83.3 Å². The number of cyclic esters (lactones) is 2. The molecule has 0 radical (unpaired) electrons. The predicted molar refractivity (Wildman–Crippen MR) is 234 cm³/mol. The Hall–Kier alpha value is -6.27. The van der Waals surface area contributed by atoms with Crippen molar-refractivity contribution in [1.29, 1.82) is 0 Å². The van der Waals surface area contributed by atoms with Crippen LogP contribution in [0.25, 0.3) is 0 Å². The van der Waals surface area contributed by atoms with Crippen LogP contribution in [0, 0.1) is 32.6 Å². The van der Waals surface area contributed by atoms with Crippen molar-refractivity contribution < 1.29 is 77.3 Å². The minimum atomic E-state index is -1.42. The molecule has 352 valence electrons. The number of carbonyl (C=O) groups excluding carboxylic acids is 7. The molecule has 2 aliphatic rings. The quantitative estimate of drug-likeness (QED) is 0.0293. The highest BCUT2D eigenvalue weighted by atomic mass is 35.5. The molecule has 65 heavy (non-hydrogen) atoms. The van der Waals surface area contributed by atoms with Gasteiger partial charge in [-0.2, -0.15) is 0 Å². The van der Waals surface area contributed by atoms with Gasteiger partial charge in [-0.1, -0.05) is 69.3 Å². The highest BCUT2D eigenvalue weighted by Gasteiger charge is 2.44. The van der Waals surface area contributed by atoms with Gasteiger partial charge in [0, 0.05) is 17.5 Å². The lowest BCUT2D eigenvalue weighted by atomic mass is 9.92. The summed E-state index contributed by atoms with van der Waals surface area (Å²) in [5, 5.41) is 35.2. The number of para-hydroxylation sites is 1. The molecule has 18 nitrogen and oxygen atoms in total. The molecule has 3 aromatic rings. The fourth-order valence-electron chi connectivity index (χ4n) is 7.11. The van der Waals surface area contributed by atoms with Crippen LogP contribution >= 0.6 is 23.2 Å². The van der Waals surface area contributed by atoms with Crippen LogP contribution in [0.2, 0.25) is 10.0 Å². The molecule has 0 aromatic heterocycles. The molecule has 0 aliphatic carbocycles. The average molecular weight is 948 g/mol. The Bertz CT molecular complexity index is 2370. The molecule has 0 spiro atoms. The van der Waals surface area contributed by atoms with Gasteiger partial charge in [0.05, 0.1) is 29.3 Å². The minimum Gasteiger partial charge on any atom is -0.507 e. The molecule has 5 rings (SSSR count). The fraction of sp³-hybridized carbons (Fsp3) is 0.444. The van der Waals surface area contributed by atoms with Crippen LogP contribution < -0.4 is 20.1 Å². The number of phenols is 3. The molecule has 5 unspecified atom stereocenters. The minimum absolute atomic E-state index is 0.00114. The number of fused-ring (bicyclic) bond motifs is 2. The smallest absolute Gasteiger partial charge is 0.347 e. The van der Waals surface area contributed by atoms with E-state index in [9.17, 15) is 48.9 Å². The van der Waals surface area contributed by atoms with Crippen molar-refractivity contribution in [2.24, 2.45) is 11.8 Å². The number of rotatable bonds is 12. The van der Waals surface area contributed by atoms with Crippen molar-refractivity contribution in [2.75, 3.05) is 12.4 Å². The monoisotopic (exact) mass is 946 g/mol. The van der Waals surface area contributed by atoms with E-state index in [4.69, 9.17) is 51.6 Å². The summed E-state index contributed by atoms with van der Waals surface area (Å²) < 4.78 is 32.8. The van der Waals surface area contributed by atoms with Gasteiger partial charge in [-0.25, -0.2) is 14.4 Å². The Morgan fingerprint density at radius 2 is 1.49 bits per heavy atom. The van der Waals surface area contributed by atoms with E-state index in [-0.39, 0.29) is 78.7 Å². The van der Waals surface area contributed by atoms with Crippen LogP contribution in [-0.2, 0) is 38.1 Å². The molecule has 0 bridgehead atoms. The molecular formula is C45H52Cl2N2O16. The SMILES string of the molecule is CCCCCC1C(=O)OC(C)C(NC(=O)c2cccc(NC=O)c2O)C(=O)OC(C)C1OC(=O)CC(C)C.COC(=O)c1c(C)c2c(c(C)c1O)OC(=O)c1c(C)c(Cl)c(O)c(Cl)c1O2. The normalized spacial score (nSPS) is 19.1. The van der Waals surface area contributed by atoms with Crippen molar-refractivity contribution in [1.82, 2.24) is 5.32 Å². The lowest BCUT2D eigenvalue weighted by Gasteiger charge is -2.29. The lowest BCUT2D eigenvalue weighted by molar-refractivity contribution is -0.175. The van der Waals surface area contributed by atoms with E-state index >= 15 is 0 Å². The van der Waals surface area contributed by atoms with Gasteiger partial charge >= 0.3 is 29.8 Å². The van der Waals surface area contributed by atoms with E-state index in [1.807, 2.05) is 20.8 Å². The summed E-state index contributed by atoms with van der Waals surface area (Å²) in [5.74, 6) is -7.01. The Kier molecular flexibility index (Phi) is 17.4. The topological polar surface area (TPSA) is 260 Å². The maximum absolute atomic E-state index is 13.3. The number of hydrogen-bond acceptors (Lipinski definition) is 16. The number of halogens is 2. The largest absolute Gasteiger partial charge is 0.507 e. The first-order valence-electron chi connectivity index (χ1n) is 20.6. The van der Waals surface area contributed by atoms with Crippen LogP contribution in [0.3, 0.4) is 0 Å². The summed E-state index contributed by atoms with van der Waals surface area (Å²) in [6.45, 7) is 13.1. The Morgan fingerprint density at radius 1 is 0.846 bits per heavy atom. The van der Waals surface area contributed by atoms with Crippen molar-refractivity contribution >= 4 is 71.1 Å². The number of anilines is 1. The number of hydrogen-bond donors (Lipinski definition) is 5. The number of methoxy groups -OCH3 is 1. The fourth-order valence-corrected chi connectivity index (χ4v) is 7.57. The molecule has 2 amide bonds. The molecule has 0 saturated carbocycles. The maximum Gasteiger partial charge on any atom is 0.347 e. The summed E-state index contributed by atoms with van der Waals surface area (Å²) in [6, 6.07) is 2.71. The van der Waals surface area contributed by atoms with Crippen molar-refractivity contribution in [2.45, 2.75) is 112 Å². The molecule has 5 atom stereocenters. The summed E-state index contributed by atoms with van der Waals surface area (Å²) in [6.07, 6.45) is 0.0639.